The Morgan fingerprint density at radius 1 is 1.20 bits per heavy atom. The van der Waals surface area contributed by atoms with Crippen LogP contribution in [0.2, 0.25) is 0 Å². The van der Waals surface area contributed by atoms with Crippen molar-refractivity contribution in [2.75, 3.05) is 5.32 Å². The summed E-state index contributed by atoms with van der Waals surface area (Å²) in [6, 6.07) is 11.2. The number of fused-ring (bicyclic) bond motifs is 1. The Balaban J connectivity index is 1.79. The van der Waals surface area contributed by atoms with Gasteiger partial charge in [-0.3, -0.25) is 4.79 Å². The van der Waals surface area contributed by atoms with Crippen molar-refractivity contribution in [1.82, 2.24) is 10.3 Å². The first kappa shape index (κ1) is 17.0. The van der Waals surface area contributed by atoms with Gasteiger partial charge in [-0.05, 0) is 54.7 Å². The summed E-state index contributed by atoms with van der Waals surface area (Å²) in [5.74, 6) is -0.221. The molecule has 2 N–H and O–H groups in total. The first-order chi connectivity index (χ1) is 11.9. The molecular formula is C18H16FN3O2S. The number of thiocarbonyl (C=S) groups is 1. The van der Waals surface area contributed by atoms with Crippen LogP contribution in [-0.2, 0) is 4.79 Å². The van der Waals surface area contributed by atoms with E-state index in [4.69, 9.17) is 16.6 Å². The van der Waals surface area contributed by atoms with Crippen molar-refractivity contribution >= 4 is 40.0 Å². The van der Waals surface area contributed by atoms with Crippen LogP contribution >= 0.6 is 12.2 Å². The van der Waals surface area contributed by atoms with E-state index in [1.807, 2.05) is 0 Å². The largest absolute Gasteiger partial charge is 0.436 e. The molecule has 0 saturated heterocycles. The normalized spacial score (nSPS) is 10.9. The second kappa shape index (κ2) is 6.98. The number of rotatable bonds is 3. The molecular weight excluding hydrogens is 341 g/mol. The molecule has 2 aromatic carbocycles. The number of nitrogens with one attached hydrogen (secondary N) is 2. The van der Waals surface area contributed by atoms with Gasteiger partial charge in [0.2, 0.25) is 11.8 Å². The Hall–Kier alpha value is -2.80. The van der Waals surface area contributed by atoms with Crippen molar-refractivity contribution in [3.63, 3.8) is 0 Å². The number of aromatic nitrogens is 1. The van der Waals surface area contributed by atoms with Crippen LogP contribution < -0.4 is 10.6 Å². The van der Waals surface area contributed by atoms with Gasteiger partial charge < -0.3 is 15.1 Å². The number of carbonyl (C=O) groups is 1. The van der Waals surface area contributed by atoms with Gasteiger partial charge in [0.05, 0.1) is 0 Å². The van der Waals surface area contributed by atoms with Crippen molar-refractivity contribution in [1.29, 1.82) is 0 Å². The lowest BCUT2D eigenvalue weighted by Crippen LogP contribution is -2.36. The van der Waals surface area contributed by atoms with Gasteiger partial charge in [0.1, 0.15) is 11.3 Å². The SMILES string of the molecule is CC(C)C(=O)NC(=S)Nc1ccc2oc(-c3ccc(F)cc3)nc2c1. The van der Waals surface area contributed by atoms with E-state index in [-0.39, 0.29) is 22.8 Å². The molecule has 128 valence electrons. The number of oxazole rings is 1. The van der Waals surface area contributed by atoms with Gasteiger partial charge in [0, 0.05) is 17.2 Å². The van der Waals surface area contributed by atoms with Gasteiger partial charge in [-0.2, -0.15) is 0 Å². The van der Waals surface area contributed by atoms with E-state index in [2.05, 4.69) is 15.6 Å². The van der Waals surface area contributed by atoms with Gasteiger partial charge in [-0.25, -0.2) is 9.37 Å². The minimum Gasteiger partial charge on any atom is -0.436 e. The third-order valence-corrected chi connectivity index (χ3v) is 3.70. The number of carbonyl (C=O) groups excluding carboxylic acids is 1. The van der Waals surface area contributed by atoms with E-state index < -0.39 is 0 Å². The summed E-state index contributed by atoms with van der Waals surface area (Å²) in [5.41, 5.74) is 2.59. The lowest BCUT2D eigenvalue weighted by molar-refractivity contribution is -0.122. The molecule has 5 nitrogen and oxygen atoms in total. The van der Waals surface area contributed by atoms with E-state index in [0.29, 0.717) is 28.2 Å². The number of benzene rings is 2. The van der Waals surface area contributed by atoms with Gasteiger partial charge >= 0.3 is 0 Å². The van der Waals surface area contributed by atoms with Gasteiger partial charge in [-0.15, -0.1) is 0 Å². The van der Waals surface area contributed by atoms with E-state index >= 15 is 0 Å². The summed E-state index contributed by atoms with van der Waals surface area (Å²) < 4.78 is 18.7. The van der Waals surface area contributed by atoms with Crippen LogP contribution in [0.4, 0.5) is 10.1 Å². The maximum Gasteiger partial charge on any atom is 0.228 e. The number of hydrogen-bond acceptors (Lipinski definition) is 4. The quantitative estimate of drug-likeness (QED) is 0.691. The summed E-state index contributed by atoms with van der Waals surface area (Å²) >= 11 is 5.13. The molecule has 3 aromatic rings. The van der Waals surface area contributed by atoms with Crippen molar-refractivity contribution in [3.8, 4) is 11.5 Å². The number of nitrogens with zero attached hydrogens (tertiary/aromatic N) is 1. The van der Waals surface area contributed by atoms with E-state index in [1.54, 1.807) is 44.2 Å². The molecule has 0 bridgehead atoms. The third-order valence-electron chi connectivity index (χ3n) is 3.50. The van der Waals surface area contributed by atoms with Gasteiger partial charge in [0.15, 0.2) is 10.7 Å². The van der Waals surface area contributed by atoms with Crippen LogP contribution in [0.3, 0.4) is 0 Å². The first-order valence-electron chi connectivity index (χ1n) is 7.71. The van der Waals surface area contributed by atoms with Crippen LogP contribution in [-0.4, -0.2) is 16.0 Å². The molecule has 0 aliphatic carbocycles. The van der Waals surface area contributed by atoms with E-state index in [0.717, 1.165) is 0 Å². The Morgan fingerprint density at radius 2 is 1.92 bits per heavy atom. The second-order valence-electron chi connectivity index (χ2n) is 5.81. The molecule has 25 heavy (non-hydrogen) atoms. The highest BCUT2D eigenvalue weighted by Crippen LogP contribution is 2.26. The number of amides is 1. The molecule has 7 heteroatoms. The highest BCUT2D eigenvalue weighted by molar-refractivity contribution is 7.80. The smallest absolute Gasteiger partial charge is 0.228 e. The summed E-state index contributed by atoms with van der Waals surface area (Å²) in [5, 5.41) is 5.78. The predicted molar refractivity (Wildman–Crippen MR) is 98.6 cm³/mol. The summed E-state index contributed by atoms with van der Waals surface area (Å²) in [4.78, 5) is 16.1. The van der Waals surface area contributed by atoms with Gasteiger partial charge in [0.25, 0.3) is 0 Å². The van der Waals surface area contributed by atoms with E-state index in [9.17, 15) is 9.18 Å². The van der Waals surface area contributed by atoms with Crippen molar-refractivity contribution in [2.45, 2.75) is 13.8 Å². The Kier molecular flexibility index (Phi) is 4.76. The number of anilines is 1. The van der Waals surface area contributed by atoms with Crippen molar-refractivity contribution in [2.24, 2.45) is 5.92 Å². The Morgan fingerprint density at radius 3 is 2.60 bits per heavy atom. The number of hydrogen-bond donors (Lipinski definition) is 2. The van der Waals surface area contributed by atoms with Crippen LogP contribution in [0.15, 0.2) is 46.9 Å². The average Bonchev–Trinajstić information content (AvgIpc) is 2.98. The minimum atomic E-state index is -0.316. The summed E-state index contributed by atoms with van der Waals surface area (Å²) in [7, 11) is 0. The molecule has 0 saturated carbocycles. The van der Waals surface area contributed by atoms with Gasteiger partial charge in [-0.1, -0.05) is 13.8 Å². The van der Waals surface area contributed by atoms with Crippen LogP contribution in [0.25, 0.3) is 22.6 Å². The molecule has 0 fully saturated rings. The fraction of sp³-hybridized carbons (Fsp3) is 0.167. The summed E-state index contributed by atoms with van der Waals surface area (Å²) in [6.45, 7) is 3.58. The molecule has 1 aromatic heterocycles. The van der Waals surface area contributed by atoms with Crippen LogP contribution in [0.1, 0.15) is 13.8 Å². The maximum absolute atomic E-state index is 13.0. The Bertz CT molecular complexity index is 935. The molecule has 0 radical (unpaired) electrons. The zero-order valence-electron chi connectivity index (χ0n) is 13.7. The predicted octanol–water partition coefficient (Wildman–Crippen LogP) is 4.10. The van der Waals surface area contributed by atoms with Crippen LogP contribution in [0.5, 0.6) is 0 Å². The minimum absolute atomic E-state index is 0.154. The second-order valence-corrected chi connectivity index (χ2v) is 6.21. The fourth-order valence-corrected chi connectivity index (χ4v) is 2.36. The highest BCUT2D eigenvalue weighted by atomic mass is 32.1. The molecule has 1 amide bonds. The standard InChI is InChI=1S/C18H16FN3O2S/c1-10(2)16(23)22-18(25)20-13-7-8-15-14(9-13)21-17(24-15)11-3-5-12(19)6-4-11/h3-10H,1-2H3,(H2,20,22,23,25). The van der Waals surface area contributed by atoms with Crippen LogP contribution in [0, 0.1) is 11.7 Å². The molecule has 0 spiro atoms. The highest BCUT2D eigenvalue weighted by Gasteiger charge is 2.11. The third kappa shape index (κ3) is 4.00. The molecule has 0 aliphatic heterocycles. The molecule has 0 atom stereocenters. The maximum atomic E-state index is 13.0. The molecule has 1 heterocycles. The lowest BCUT2D eigenvalue weighted by atomic mass is 10.2. The van der Waals surface area contributed by atoms with E-state index in [1.165, 1.54) is 12.1 Å². The number of halogens is 1. The zero-order chi connectivity index (χ0) is 18.0. The zero-order valence-corrected chi connectivity index (χ0v) is 14.5. The molecule has 0 unspecified atom stereocenters. The molecule has 3 rings (SSSR count). The lowest BCUT2D eigenvalue weighted by Gasteiger charge is -2.10. The topological polar surface area (TPSA) is 67.2 Å². The summed E-state index contributed by atoms with van der Waals surface area (Å²) in [6.07, 6.45) is 0. The Labute approximate surface area is 149 Å². The molecule has 0 aliphatic rings. The van der Waals surface area contributed by atoms with Crippen molar-refractivity contribution < 1.29 is 13.6 Å². The first-order valence-corrected chi connectivity index (χ1v) is 8.11. The fourth-order valence-electron chi connectivity index (χ4n) is 2.14. The average molecular weight is 357 g/mol. The monoisotopic (exact) mass is 357 g/mol. The van der Waals surface area contributed by atoms with Crippen molar-refractivity contribution in [3.05, 3.63) is 48.3 Å².